The number of aromatic nitrogens is 3. The van der Waals surface area contributed by atoms with E-state index in [-0.39, 0.29) is 0 Å². The van der Waals surface area contributed by atoms with E-state index in [1.54, 1.807) is 6.20 Å². The average molecular weight is 428 g/mol. The highest BCUT2D eigenvalue weighted by Crippen LogP contribution is 2.34. The third-order valence-corrected chi connectivity index (χ3v) is 5.83. The van der Waals surface area contributed by atoms with Crippen LogP contribution in [0.5, 0.6) is 5.75 Å². The molecule has 0 bridgehead atoms. The molecule has 33 heavy (non-hydrogen) atoms. The van der Waals surface area contributed by atoms with Crippen LogP contribution in [0.25, 0.3) is 38.9 Å². The summed E-state index contributed by atoms with van der Waals surface area (Å²) in [6.07, 6.45) is 5.63. The van der Waals surface area contributed by atoms with Crippen LogP contribution in [0, 0.1) is 0 Å². The molecule has 0 spiro atoms. The summed E-state index contributed by atoms with van der Waals surface area (Å²) >= 11 is 0. The molecule has 2 aromatic heterocycles. The number of benzene rings is 4. The van der Waals surface area contributed by atoms with Gasteiger partial charge in [-0.05, 0) is 28.5 Å². The van der Waals surface area contributed by atoms with Crippen LogP contribution in [0.3, 0.4) is 0 Å². The van der Waals surface area contributed by atoms with Gasteiger partial charge in [0.1, 0.15) is 18.2 Å². The zero-order valence-corrected chi connectivity index (χ0v) is 17.9. The summed E-state index contributed by atoms with van der Waals surface area (Å²) in [7, 11) is 0. The third-order valence-electron chi connectivity index (χ3n) is 5.83. The highest BCUT2D eigenvalue weighted by molar-refractivity contribution is 5.99. The maximum absolute atomic E-state index is 6.07. The number of fused-ring (bicyclic) bond motifs is 2. The molecule has 4 heteroatoms. The molecular formula is C29H21N3O. The Morgan fingerprint density at radius 3 is 2.55 bits per heavy atom. The summed E-state index contributed by atoms with van der Waals surface area (Å²) in [5, 5.41) is 2.37. The van der Waals surface area contributed by atoms with Crippen LogP contribution in [0.4, 0.5) is 0 Å². The van der Waals surface area contributed by atoms with Crippen molar-refractivity contribution in [2.75, 3.05) is 0 Å². The van der Waals surface area contributed by atoms with Crippen molar-refractivity contribution in [2.24, 2.45) is 0 Å². The number of hydrogen-bond donors (Lipinski definition) is 0. The van der Waals surface area contributed by atoms with Crippen LogP contribution in [0.2, 0.25) is 0 Å². The molecule has 4 nitrogen and oxygen atoms in total. The van der Waals surface area contributed by atoms with Crippen molar-refractivity contribution in [3.05, 3.63) is 121 Å². The summed E-state index contributed by atoms with van der Waals surface area (Å²) in [4.78, 5) is 9.49. The number of rotatable bonds is 5. The van der Waals surface area contributed by atoms with E-state index in [2.05, 4.69) is 70.0 Å². The summed E-state index contributed by atoms with van der Waals surface area (Å²) in [6.45, 7) is 0.526. The Kier molecular flexibility index (Phi) is 4.81. The van der Waals surface area contributed by atoms with Crippen LogP contribution in [-0.4, -0.2) is 14.4 Å². The molecule has 0 N–H and O–H groups in total. The van der Waals surface area contributed by atoms with Gasteiger partial charge in [0.05, 0.1) is 17.4 Å². The number of ether oxygens (including phenoxy) is 1. The van der Waals surface area contributed by atoms with Crippen molar-refractivity contribution in [1.29, 1.82) is 0 Å². The van der Waals surface area contributed by atoms with Gasteiger partial charge >= 0.3 is 0 Å². The van der Waals surface area contributed by atoms with Crippen molar-refractivity contribution in [3.8, 4) is 28.4 Å². The molecule has 6 rings (SSSR count). The van der Waals surface area contributed by atoms with E-state index in [0.717, 1.165) is 39.5 Å². The normalized spacial score (nSPS) is 11.2. The zero-order valence-electron chi connectivity index (χ0n) is 17.9. The minimum atomic E-state index is 0.526. The monoisotopic (exact) mass is 427 g/mol. The Balaban J connectivity index is 1.44. The first-order valence-electron chi connectivity index (χ1n) is 10.9. The number of hydrogen-bond acceptors (Lipinski definition) is 3. The first-order chi connectivity index (χ1) is 16.4. The van der Waals surface area contributed by atoms with Gasteiger partial charge in [-0.25, -0.2) is 4.98 Å². The Bertz CT molecular complexity index is 1570. The van der Waals surface area contributed by atoms with Crippen LogP contribution in [0.1, 0.15) is 5.56 Å². The second kappa shape index (κ2) is 8.24. The van der Waals surface area contributed by atoms with Gasteiger partial charge in [-0.15, -0.1) is 0 Å². The van der Waals surface area contributed by atoms with Crippen LogP contribution in [-0.2, 0) is 6.61 Å². The molecule has 0 atom stereocenters. The van der Waals surface area contributed by atoms with E-state index in [1.165, 1.54) is 10.8 Å². The standard InChI is InChI=1S/C29H21N3O/c1-2-8-21(9-3-1)20-33-24-13-6-12-23(18-24)29-31-28(27-19-30-16-17-32(27)29)26-15-7-11-22-10-4-5-14-25(22)26/h1-19H,20H2. The summed E-state index contributed by atoms with van der Waals surface area (Å²) in [6, 6.07) is 33.0. The largest absolute Gasteiger partial charge is 0.489 e. The van der Waals surface area contributed by atoms with Crippen molar-refractivity contribution in [3.63, 3.8) is 0 Å². The summed E-state index contributed by atoms with van der Waals surface area (Å²) in [5.74, 6) is 1.68. The SMILES string of the molecule is c1ccc(COc2cccc(-c3nc(-c4cccc5ccccc45)c4cnccn34)c2)cc1. The molecule has 0 saturated carbocycles. The highest BCUT2D eigenvalue weighted by Gasteiger charge is 2.16. The van der Waals surface area contributed by atoms with Gasteiger partial charge in [-0.2, -0.15) is 0 Å². The minimum absolute atomic E-state index is 0.526. The molecular weight excluding hydrogens is 406 g/mol. The lowest BCUT2D eigenvalue weighted by Crippen LogP contribution is -1.95. The van der Waals surface area contributed by atoms with E-state index in [4.69, 9.17) is 9.72 Å². The lowest BCUT2D eigenvalue weighted by Gasteiger charge is -2.08. The molecule has 2 heterocycles. The van der Waals surface area contributed by atoms with E-state index in [9.17, 15) is 0 Å². The van der Waals surface area contributed by atoms with Crippen LogP contribution < -0.4 is 4.74 Å². The Morgan fingerprint density at radius 1 is 0.788 bits per heavy atom. The fourth-order valence-corrected chi connectivity index (χ4v) is 4.24. The van der Waals surface area contributed by atoms with Gasteiger partial charge < -0.3 is 4.74 Å². The van der Waals surface area contributed by atoms with E-state index < -0.39 is 0 Å². The topological polar surface area (TPSA) is 39.4 Å². The van der Waals surface area contributed by atoms with Gasteiger partial charge in [0, 0.05) is 23.5 Å². The lowest BCUT2D eigenvalue weighted by molar-refractivity contribution is 0.306. The van der Waals surface area contributed by atoms with E-state index in [1.807, 2.05) is 48.8 Å². The lowest BCUT2D eigenvalue weighted by atomic mass is 10.0. The number of nitrogens with zero attached hydrogens (tertiary/aromatic N) is 3. The van der Waals surface area contributed by atoms with E-state index >= 15 is 0 Å². The third kappa shape index (κ3) is 3.62. The van der Waals surface area contributed by atoms with Gasteiger partial charge in [-0.3, -0.25) is 9.38 Å². The van der Waals surface area contributed by atoms with Crippen molar-refractivity contribution in [1.82, 2.24) is 14.4 Å². The van der Waals surface area contributed by atoms with Crippen molar-refractivity contribution < 1.29 is 4.74 Å². The van der Waals surface area contributed by atoms with E-state index in [0.29, 0.717) is 6.61 Å². The first-order valence-corrected chi connectivity index (χ1v) is 10.9. The van der Waals surface area contributed by atoms with Crippen molar-refractivity contribution >= 4 is 16.3 Å². The molecule has 0 radical (unpaired) electrons. The van der Waals surface area contributed by atoms with Gasteiger partial charge in [-0.1, -0.05) is 84.9 Å². The highest BCUT2D eigenvalue weighted by atomic mass is 16.5. The molecule has 0 aliphatic carbocycles. The second-order valence-corrected chi connectivity index (χ2v) is 7.94. The molecule has 4 aromatic carbocycles. The average Bonchev–Trinajstić information content (AvgIpc) is 3.28. The Morgan fingerprint density at radius 2 is 1.61 bits per heavy atom. The fraction of sp³-hybridized carbons (Fsp3) is 0.0345. The van der Waals surface area contributed by atoms with Crippen LogP contribution in [0.15, 0.2) is 116 Å². The molecule has 0 unspecified atom stereocenters. The molecule has 0 aliphatic heterocycles. The molecule has 158 valence electrons. The van der Waals surface area contributed by atoms with Crippen molar-refractivity contribution in [2.45, 2.75) is 6.61 Å². The maximum Gasteiger partial charge on any atom is 0.145 e. The molecule has 6 aromatic rings. The van der Waals surface area contributed by atoms with Gasteiger partial charge in [0.2, 0.25) is 0 Å². The Hall–Kier alpha value is -4.44. The summed E-state index contributed by atoms with van der Waals surface area (Å²) in [5.41, 5.74) is 5.12. The predicted octanol–water partition coefficient (Wildman–Crippen LogP) is 6.80. The first kappa shape index (κ1) is 19.3. The van der Waals surface area contributed by atoms with Crippen LogP contribution >= 0.6 is 0 Å². The fourth-order valence-electron chi connectivity index (χ4n) is 4.24. The van der Waals surface area contributed by atoms with Gasteiger partial charge in [0.15, 0.2) is 0 Å². The molecule has 0 fully saturated rings. The number of imidazole rings is 1. The second-order valence-electron chi connectivity index (χ2n) is 7.94. The minimum Gasteiger partial charge on any atom is -0.489 e. The zero-order chi connectivity index (χ0) is 22.0. The summed E-state index contributed by atoms with van der Waals surface area (Å²) < 4.78 is 8.16. The smallest absolute Gasteiger partial charge is 0.145 e. The quantitative estimate of drug-likeness (QED) is 0.304. The van der Waals surface area contributed by atoms with Gasteiger partial charge in [0.25, 0.3) is 0 Å². The molecule has 0 saturated heterocycles. The Labute approximate surface area is 191 Å². The predicted molar refractivity (Wildman–Crippen MR) is 132 cm³/mol. The molecule has 0 amide bonds. The maximum atomic E-state index is 6.07. The molecule has 0 aliphatic rings.